The van der Waals surface area contributed by atoms with Gasteiger partial charge in [0.15, 0.2) is 0 Å². The Morgan fingerprint density at radius 2 is 2.50 bits per heavy atom. The van der Waals surface area contributed by atoms with Crippen LogP contribution in [0.1, 0.15) is 12.7 Å². The van der Waals surface area contributed by atoms with E-state index in [1.54, 1.807) is 6.26 Å². The molecule has 0 bridgehead atoms. The zero-order valence-electron chi connectivity index (χ0n) is 9.22. The molecular formula is C11H16N2O3. The molecule has 0 aliphatic carbocycles. The molecule has 1 aliphatic heterocycles. The normalized spacial score (nSPS) is 26.8. The van der Waals surface area contributed by atoms with Crippen LogP contribution in [0.2, 0.25) is 0 Å². The Hall–Kier alpha value is -1.33. The lowest BCUT2D eigenvalue weighted by atomic mass is 10.1. The van der Waals surface area contributed by atoms with E-state index in [2.05, 4.69) is 5.32 Å². The molecule has 0 saturated carbocycles. The van der Waals surface area contributed by atoms with E-state index in [4.69, 9.17) is 4.42 Å². The van der Waals surface area contributed by atoms with Crippen molar-refractivity contribution in [3.05, 3.63) is 24.2 Å². The van der Waals surface area contributed by atoms with Crippen LogP contribution in [0.4, 0.5) is 0 Å². The van der Waals surface area contributed by atoms with Crippen molar-refractivity contribution >= 4 is 5.91 Å². The third kappa shape index (κ3) is 2.25. The van der Waals surface area contributed by atoms with Gasteiger partial charge in [-0.15, -0.1) is 0 Å². The monoisotopic (exact) mass is 224 g/mol. The standard InChI is InChI=1S/C11H16N2O3/c1-8-5-13(6-9-3-2-4-16-9)10(7-14)11(15)12-8/h2-4,8,10,14H,5-7H2,1H3,(H,12,15). The van der Waals surface area contributed by atoms with Crippen molar-refractivity contribution in [3.8, 4) is 0 Å². The minimum Gasteiger partial charge on any atom is -0.468 e. The summed E-state index contributed by atoms with van der Waals surface area (Å²) in [6.45, 7) is 3.05. The second-order valence-corrected chi connectivity index (χ2v) is 4.12. The third-order valence-electron chi connectivity index (χ3n) is 2.75. The number of amides is 1. The van der Waals surface area contributed by atoms with Crippen molar-refractivity contribution < 1.29 is 14.3 Å². The molecule has 0 aromatic carbocycles. The van der Waals surface area contributed by atoms with Crippen LogP contribution in [0.3, 0.4) is 0 Å². The van der Waals surface area contributed by atoms with Gasteiger partial charge in [0.1, 0.15) is 11.8 Å². The second kappa shape index (κ2) is 4.67. The Labute approximate surface area is 94.0 Å². The van der Waals surface area contributed by atoms with Gasteiger partial charge in [0.05, 0.1) is 19.4 Å². The number of nitrogens with zero attached hydrogens (tertiary/aromatic N) is 1. The van der Waals surface area contributed by atoms with Gasteiger partial charge in [0.25, 0.3) is 0 Å². The average molecular weight is 224 g/mol. The fourth-order valence-electron chi connectivity index (χ4n) is 2.01. The molecule has 2 heterocycles. The van der Waals surface area contributed by atoms with Gasteiger partial charge in [-0.1, -0.05) is 0 Å². The lowest BCUT2D eigenvalue weighted by molar-refractivity contribution is -0.132. The van der Waals surface area contributed by atoms with Crippen LogP contribution >= 0.6 is 0 Å². The molecular weight excluding hydrogens is 208 g/mol. The van der Waals surface area contributed by atoms with E-state index in [1.807, 2.05) is 24.0 Å². The molecule has 0 spiro atoms. The zero-order valence-corrected chi connectivity index (χ0v) is 9.22. The fraction of sp³-hybridized carbons (Fsp3) is 0.545. The second-order valence-electron chi connectivity index (χ2n) is 4.12. The molecule has 5 nitrogen and oxygen atoms in total. The van der Waals surface area contributed by atoms with Gasteiger partial charge >= 0.3 is 0 Å². The van der Waals surface area contributed by atoms with Gasteiger partial charge < -0.3 is 14.8 Å². The number of hydrogen-bond donors (Lipinski definition) is 2. The smallest absolute Gasteiger partial charge is 0.240 e. The molecule has 5 heteroatoms. The van der Waals surface area contributed by atoms with Crippen molar-refractivity contribution in [2.24, 2.45) is 0 Å². The number of furan rings is 1. The molecule has 1 amide bonds. The number of piperazine rings is 1. The molecule has 1 aromatic heterocycles. The first kappa shape index (κ1) is 11.2. The lowest BCUT2D eigenvalue weighted by Gasteiger charge is -2.36. The molecule has 88 valence electrons. The number of nitrogens with one attached hydrogen (secondary N) is 1. The van der Waals surface area contributed by atoms with Crippen LogP contribution in [0.15, 0.2) is 22.8 Å². The summed E-state index contributed by atoms with van der Waals surface area (Å²) in [4.78, 5) is 13.6. The van der Waals surface area contributed by atoms with Gasteiger partial charge in [-0.2, -0.15) is 0 Å². The zero-order chi connectivity index (χ0) is 11.5. The van der Waals surface area contributed by atoms with Crippen LogP contribution < -0.4 is 5.32 Å². The van der Waals surface area contributed by atoms with E-state index in [9.17, 15) is 9.90 Å². The van der Waals surface area contributed by atoms with Crippen LogP contribution in [-0.4, -0.2) is 41.1 Å². The average Bonchev–Trinajstić information content (AvgIpc) is 2.70. The molecule has 1 aliphatic rings. The first-order valence-electron chi connectivity index (χ1n) is 5.38. The minimum absolute atomic E-state index is 0.102. The summed E-state index contributed by atoms with van der Waals surface area (Å²) in [7, 11) is 0. The van der Waals surface area contributed by atoms with E-state index >= 15 is 0 Å². The highest BCUT2D eigenvalue weighted by Gasteiger charge is 2.32. The Balaban J connectivity index is 2.07. The Bertz CT molecular complexity index is 350. The van der Waals surface area contributed by atoms with Crippen LogP contribution in [0.5, 0.6) is 0 Å². The highest BCUT2D eigenvalue weighted by molar-refractivity contribution is 5.82. The maximum atomic E-state index is 11.6. The fourth-order valence-corrected chi connectivity index (χ4v) is 2.01. The SMILES string of the molecule is CC1CN(Cc2ccco2)C(CO)C(=O)N1. The predicted molar refractivity (Wildman–Crippen MR) is 57.6 cm³/mol. The van der Waals surface area contributed by atoms with Gasteiger partial charge in [-0.3, -0.25) is 9.69 Å². The van der Waals surface area contributed by atoms with E-state index in [0.29, 0.717) is 6.54 Å². The molecule has 2 atom stereocenters. The van der Waals surface area contributed by atoms with E-state index < -0.39 is 6.04 Å². The van der Waals surface area contributed by atoms with Crippen LogP contribution in [0.25, 0.3) is 0 Å². The van der Waals surface area contributed by atoms with Crippen molar-refractivity contribution in [1.82, 2.24) is 10.2 Å². The summed E-state index contributed by atoms with van der Waals surface area (Å²) >= 11 is 0. The molecule has 1 fully saturated rings. The van der Waals surface area contributed by atoms with Crippen LogP contribution in [-0.2, 0) is 11.3 Å². The number of carbonyl (C=O) groups excluding carboxylic acids is 1. The summed E-state index contributed by atoms with van der Waals surface area (Å²) in [5.41, 5.74) is 0. The Morgan fingerprint density at radius 1 is 1.69 bits per heavy atom. The molecule has 0 radical (unpaired) electrons. The van der Waals surface area contributed by atoms with Crippen molar-refractivity contribution in [1.29, 1.82) is 0 Å². The van der Waals surface area contributed by atoms with Gasteiger partial charge in [0.2, 0.25) is 5.91 Å². The first-order chi connectivity index (χ1) is 7.70. The highest BCUT2D eigenvalue weighted by atomic mass is 16.3. The van der Waals surface area contributed by atoms with Gasteiger partial charge in [-0.05, 0) is 19.1 Å². The van der Waals surface area contributed by atoms with E-state index in [1.165, 1.54) is 0 Å². The quantitative estimate of drug-likeness (QED) is 0.756. The summed E-state index contributed by atoms with van der Waals surface area (Å²) in [5.74, 6) is 0.688. The summed E-state index contributed by atoms with van der Waals surface area (Å²) in [6.07, 6.45) is 1.61. The van der Waals surface area contributed by atoms with Crippen LogP contribution in [0, 0.1) is 0 Å². The maximum absolute atomic E-state index is 11.6. The van der Waals surface area contributed by atoms with Crippen molar-refractivity contribution in [3.63, 3.8) is 0 Å². The van der Waals surface area contributed by atoms with E-state index in [-0.39, 0.29) is 18.6 Å². The topological polar surface area (TPSA) is 65.7 Å². The maximum Gasteiger partial charge on any atom is 0.240 e. The van der Waals surface area contributed by atoms with Crippen molar-refractivity contribution in [2.75, 3.05) is 13.2 Å². The van der Waals surface area contributed by atoms with Gasteiger partial charge in [-0.25, -0.2) is 0 Å². The minimum atomic E-state index is -0.471. The molecule has 2 rings (SSSR count). The van der Waals surface area contributed by atoms with Crippen molar-refractivity contribution in [2.45, 2.75) is 25.6 Å². The summed E-state index contributed by atoms with van der Waals surface area (Å²) in [6, 6.07) is 3.31. The largest absolute Gasteiger partial charge is 0.468 e. The molecule has 1 saturated heterocycles. The molecule has 2 unspecified atom stereocenters. The number of aliphatic hydroxyl groups excluding tert-OH is 1. The first-order valence-corrected chi connectivity index (χ1v) is 5.38. The third-order valence-corrected chi connectivity index (χ3v) is 2.75. The number of hydrogen-bond acceptors (Lipinski definition) is 4. The molecule has 1 aromatic rings. The number of rotatable bonds is 3. The van der Waals surface area contributed by atoms with Gasteiger partial charge in [0, 0.05) is 12.6 Å². The molecule has 2 N–H and O–H groups in total. The summed E-state index contributed by atoms with van der Waals surface area (Å²) in [5, 5.41) is 12.0. The van der Waals surface area contributed by atoms with E-state index in [0.717, 1.165) is 12.3 Å². The lowest BCUT2D eigenvalue weighted by Crippen LogP contribution is -2.59. The Kier molecular flexibility index (Phi) is 3.26. The highest BCUT2D eigenvalue weighted by Crippen LogP contribution is 2.13. The Morgan fingerprint density at radius 3 is 3.12 bits per heavy atom. The molecule has 16 heavy (non-hydrogen) atoms. The predicted octanol–water partition coefficient (Wildman–Crippen LogP) is -0.0392. The summed E-state index contributed by atoms with van der Waals surface area (Å²) < 4.78 is 5.24. The number of aliphatic hydroxyl groups is 1. The number of carbonyl (C=O) groups is 1.